The molecule has 23 heavy (non-hydrogen) atoms. The van der Waals surface area contributed by atoms with Crippen LogP contribution in [0.1, 0.15) is 0 Å². The van der Waals surface area contributed by atoms with Gasteiger partial charge in [-0.1, -0.05) is 42.1 Å². The van der Waals surface area contributed by atoms with Crippen molar-refractivity contribution < 1.29 is 4.79 Å². The maximum absolute atomic E-state index is 12.9. The van der Waals surface area contributed by atoms with Gasteiger partial charge < -0.3 is 4.90 Å². The summed E-state index contributed by atoms with van der Waals surface area (Å²) in [6, 6.07) is 17.4. The molecule has 6 heteroatoms. The molecule has 0 bridgehead atoms. The van der Waals surface area contributed by atoms with E-state index >= 15 is 0 Å². The second-order valence-electron chi connectivity index (χ2n) is 5.15. The first-order chi connectivity index (χ1) is 11.2. The van der Waals surface area contributed by atoms with Crippen molar-refractivity contribution in [2.75, 3.05) is 16.8 Å². The number of thioether (sulfide) groups is 2. The first-order valence-corrected chi connectivity index (χ1v) is 8.71. The van der Waals surface area contributed by atoms with Crippen molar-refractivity contribution in [2.45, 2.75) is 4.90 Å². The van der Waals surface area contributed by atoms with Crippen LogP contribution in [0.15, 0.2) is 69.4 Å². The number of hydrogen-bond donors (Lipinski definition) is 1. The van der Waals surface area contributed by atoms with E-state index in [1.54, 1.807) is 11.8 Å². The molecule has 2 aliphatic rings. The van der Waals surface area contributed by atoms with Gasteiger partial charge in [-0.25, -0.2) is 0 Å². The van der Waals surface area contributed by atoms with Crippen LogP contribution in [0, 0.1) is 5.41 Å². The third-order valence-corrected chi connectivity index (χ3v) is 6.06. The zero-order chi connectivity index (χ0) is 16.0. The van der Waals surface area contributed by atoms with Crippen LogP contribution in [0.2, 0.25) is 0 Å². The molecule has 2 aliphatic heterocycles. The Morgan fingerprint density at radius 1 is 0.957 bits per heavy atom. The Hall–Kier alpha value is -2.18. The molecule has 0 spiro atoms. The maximum Gasteiger partial charge on any atom is 0.274 e. The lowest BCUT2D eigenvalue weighted by Crippen LogP contribution is -2.28. The van der Waals surface area contributed by atoms with Gasteiger partial charge in [-0.15, -0.1) is 0 Å². The van der Waals surface area contributed by atoms with Gasteiger partial charge in [-0.3, -0.25) is 15.1 Å². The average molecular weight is 339 g/mol. The number of hydrogen-bond acceptors (Lipinski definition) is 5. The Morgan fingerprint density at radius 3 is 2.39 bits per heavy atom. The Bertz CT molecular complexity index is 848. The SMILES string of the molecule is CN1/C(=C2/SC(=N)N(c3ccccc3)C2=O)Sc2ccccc21. The Kier molecular flexibility index (Phi) is 3.43. The highest BCUT2D eigenvalue weighted by Crippen LogP contribution is 2.49. The smallest absolute Gasteiger partial charge is 0.274 e. The van der Waals surface area contributed by atoms with Gasteiger partial charge in [-0.05, 0) is 36.0 Å². The van der Waals surface area contributed by atoms with E-state index in [0.29, 0.717) is 4.91 Å². The van der Waals surface area contributed by atoms with Gasteiger partial charge in [0.15, 0.2) is 5.17 Å². The molecule has 1 N–H and O–H groups in total. The number of benzene rings is 2. The van der Waals surface area contributed by atoms with Crippen molar-refractivity contribution in [2.24, 2.45) is 0 Å². The summed E-state index contributed by atoms with van der Waals surface area (Å²) in [5.41, 5.74) is 1.83. The number of rotatable bonds is 1. The minimum absolute atomic E-state index is 0.131. The van der Waals surface area contributed by atoms with Gasteiger partial charge in [0.25, 0.3) is 5.91 Å². The minimum atomic E-state index is -0.131. The molecule has 4 nitrogen and oxygen atoms in total. The van der Waals surface area contributed by atoms with E-state index in [0.717, 1.165) is 21.3 Å². The predicted molar refractivity (Wildman–Crippen MR) is 97.0 cm³/mol. The number of anilines is 2. The van der Waals surface area contributed by atoms with Gasteiger partial charge in [0.05, 0.1) is 16.4 Å². The summed E-state index contributed by atoms with van der Waals surface area (Å²) in [4.78, 5) is 18.1. The molecule has 0 radical (unpaired) electrons. The number of para-hydroxylation sites is 2. The van der Waals surface area contributed by atoms with Crippen LogP contribution in [0.25, 0.3) is 0 Å². The number of amides is 1. The van der Waals surface area contributed by atoms with Crippen molar-refractivity contribution in [3.8, 4) is 0 Å². The van der Waals surface area contributed by atoms with Gasteiger partial charge >= 0.3 is 0 Å². The van der Waals surface area contributed by atoms with Crippen LogP contribution in [0.4, 0.5) is 11.4 Å². The average Bonchev–Trinajstić information content (AvgIpc) is 3.05. The highest BCUT2D eigenvalue weighted by Gasteiger charge is 2.39. The summed E-state index contributed by atoms with van der Waals surface area (Å²) in [5, 5.41) is 9.34. The molecule has 0 aliphatic carbocycles. The second kappa shape index (κ2) is 5.47. The summed E-state index contributed by atoms with van der Waals surface area (Å²) in [6.45, 7) is 0. The Morgan fingerprint density at radius 2 is 1.65 bits per heavy atom. The quantitative estimate of drug-likeness (QED) is 0.794. The standard InChI is InChI=1S/C17H13N3OS2/c1-19-12-9-5-6-10-13(12)22-16(19)14-15(21)20(17(18)23-14)11-7-3-2-4-8-11/h2-10,18H,1H3/b16-14-,18-17?. The fourth-order valence-electron chi connectivity index (χ4n) is 2.63. The zero-order valence-corrected chi connectivity index (χ0v) is 13.9. The predicted octanol–water partition coefficient (Wildman–Crippen LogP) is 4.11. The molecular formula is C17H13N3OS2. The first-order valence-electron chi connectivity index (χ1n) is 7.07. The fourth-order valence-corrected chi connectivity index (χ4v) is 4.83. The molecule has 2 heterocycles. The molecular weight excluding hydrogens is 326 g/mol. The van der Waals surface area contributed by atoms with E-state index in [1.807, 2.05) is 60.5 Å². The number of amidine groups is 1. The van der Waals surface area contributed by atoms with Crippen LogP contribution in [-0.4, -0.2) is 18.1 Å². The van der Waals surface area contributed by atoms with E-state index in [4.69, 9.17) is 5.41 Å². The largest absolute Gasteiger partial charge is 0.337 e. The highest BCUT2D eigenvalue weighted by molar-refractivity contribution is 8.19. The van der Waals surface area contributed by atoms with Crippen molar-refractivity contribution in [1.82, 2.24) is 0 Å². The number of nitrogens with one attached hydrogen (secondary N) is 1. The van der Waals surface area contributed by atoms with Gasteiger partial charge in [-0.2, -0.15) is 0 Å². The summed E-state index contributed by atoms with van der Waals surface area (Å²) in [7, 11) is 1.96. The first kappa shape index (κ1) is 14.4. The fraction of sp³-hybridized carbons (Fsp3) is 0.0588. The molecule has 4 rings (SSSR count). The van der Waals surface area contributed by atoms with Crippen LogP contribution < -0.4 is 9.80 Å². The summed E-state index contributed by atoms with van der Waals surface area (Å²) in [5.74, 6) is -0.131. The number of carbonyl (C=O) groups is 1. The lowest BCUT2D eigenvalue weighted by molar-refractivity contribution is -0.113. The van der Waals surface area contributed by atoms with E-state index in [9.17, 15) is 4.79 Å². The number of carbonyl (C=O) groups excluding carboxylic acids is 1. The Labute approximate surface area is 142 Å². The van der Waals surface area contributed by atoms with Gasteiger partial charge in [0, 0.05) is 11.9 Å². The van der Waals surface area contributed by atoms with Crippen LogP contribution >= 0.6 is 23.5 Å². The molecule has 1 saturated heterocycles. The third-order valence-electron chi connectivity index (χ3n) is 3.75. The van der Waals surface area contributed by atoms with Crippen molar-refractivity contribution in [3.63, 3.8) is 0 Å². The summed E-state index contributed by atoms with van der Waals surface area (Å²) < 4.78 is 0. The van der Waals surface area contributed by atoms with Crippen LogP contribution in [-0.2, 0) is 4.79 Å². The number of nitrogens with zero attached hydrogens (tertiary/aromatic N) is 2. The zero-order valence-electron chi connectivity index (χ0n) is 12.3. The molecule has 0 unspecified atom stereocenters. The third kappa shape index (κ3) is 2.26. The minimum Gasteiger partial charge on any atom is -0.337 e. The topological polar surface area (TPSA) is 47.4 Å². The van der Waals surface area contributed by atoms with Gasteiger partial charge in [0.1, 0.15) is 4.91 Å². The lowest BCUT2D eigenvalue weighted by Gasteiger charge is -2.16. The Balaban J connectivity index is 1.75. The van der Waals surface area contributed by atoms with Crippen molar-refractivity contribution >= 4 is 46.0 Å². The van der Waals surface area contributed by atoms with E-state index in [-0.39, 0.29) is 11.1 Å². The molecule has 1 amide bonds. The van der Waals surface area contributed by atoms with Crippen molar-refractivity contribution in [3.05, 3.63) is 64.5 Å². The molecule has 2 aromatic carbocycles. The molecule has 114 valence electrons. The highest BCUT2D eigenvalue weighted by atomic mass is 32.2. The molecule has 1 fully saturated rings. The number of fused-ring (bicyclic) bond motifs is 1. The van der Waals surface area contributed by atoms with Crippen LogP contribution in [0.5, 0.6) is 0 Å². The molecule has 0 aromatic heterocycles. The summed E-state index contributed by atoms with van der Waals surface area (Å²) in [6.07, 6.45) is 0. The van der Waals surface area contributed by atoms with Crippen molar-refractivity contribution in [1.29, 1.82) is 5.41 Å². The van der Waals surface area contributed by atoms with Gasteiger partial charge in [0.2, 0.25) is 0 Å². The maximum atomic E-state index is 12.9. The van der Waals surface area contributed by atoms with Crippen LogP contribution in [0.3, 0.4) is 0 Å². The molecule has 0 saturated carbocycles. The summed E-state index contributed by atoms with van der Waals surface area (Å²) >= 11 is 2.81. The molecule has 2 aromatic rings. The normalized spacial score (nSPS) is 20.4. The van der Waals surface area contributed by atoms with E-state index < -0.39 is 0 Å². The monoisotopic (exact) mass is 339 g/mol. The van der Waals surface area contributed by atoms with E-state index in [1.165, 1.54) is 16.7 Å². The lowest BCUT2D eigenvalue weighted by atomic mass is 10.3. The van der Waals surface area contributed by atoms with E-state index in [2.05, 4.69) is 6.07 Å². The second-order valence-corrected chi connectivity index (χ2v) is 7.18. The molecule has 0 atom stereocenters.